The van der Waals surface area contributed by atoms with E-state index in [-0.39, 0.29) is 24.0 Å². The molecule has 0 aliphatic carbocycles. The Morgan fingerprint density at radius 1 is 0.960 bits per heavy atom. The van der Waals surface area contributed by atoms with E-state index in [4.69, 9.17) is 4.74 Å². The molecule has 0 saturated heterocycles. The van der Waals surface area contributed by atoms with Crippen LogP contribution in [0.5, 0.6) is 0 Å². The Balaban J connectivity index is 2.02. The quantitative estimate of drug-likeness (QED) is 0.624. The largest absolute Gasteiger partial charge is 0.454 e. The number of Topliss-reactive ketones (excluding diaryl/α,β-unsaturated/α-hetero) is 1. The van der Waals surface area contributed by atoms with Crippen molar-refractivity contribution in [3.05, 3.63) is 65.7 Å². The molecule has 0 heterocycles. The molecule has 6 heteroatoms. The summed E-state index contributed by atoms with van der Waals surface area (Å²) in [4.78, 5) is 36.1. The first-order chi connectivity index (χ1) is 12.0. The summed E-state index contributed by atoms with van der Waals surface area (Å²) < 4.78 is 5.09. The van der Waals surface area contributed by atoms with E-state index in [1.54, 1.807) is 48.5 Å². The highest BCUT2D eigenvalue weighted by molar-refractivity contribution is 6.03. The molecule has 0 unspecified atom stereocenters. The Morgan fingerprint density at radius 2 is 1.60 bits per heavy atom. The Kier molecular flexibility index (Phi) is 6.28. The van der Waals surface area contributed by atoms with Crippen molar-refractivity contribution in [1.82, 2.24) is 5.32 Å². The minimum Gasteiger partial charge on any atom is -0.454 e. The number of ketones is 1. The monoisotopic (exact) mass is 340 g/mol. The van der Waals surface area contributed by atoms with Gasteiger partial charge in [0.05, 0.1) is 11.3 Å². The lowest BCUT2D eigenvalue weighted by Crippen LogP contribution is -2.34. The van der Waals surface area contributed by atoms with Crippen LogP contribution in [-0.2, 0) is 4.74 Å². The van der Waals surface area contributed by atoms with Gasteiger partial charge in [0.25, 0.3) is 0 Å². The second-order valence-corrected chi connectivity index (χ2v) is 5.66. The van der Waals surface area contributed by atoms with E-state index in [0.29, 0.717) is 11.3 Å². The van der Waals surface area contributed by atoms with E-state index in [2.05, 4.69) is 10.6 Å². The standard InChI is InChI=1S/C19H20N2O4/c1-13(2)20-19(24)21-16-11-7-6-10-15(16)18(23)25-12-17(22)14-8-4-3-5-9-14/h3-11,13H,12H2,1-2H3,(H2,20,21,24). The third kappa shape index (κ3) is 5.46. The zero-order valence-electron chi connectivity index (χ0n) is 14.1. The molecule has 25 heavy (non-hydrogen) atoms. The smallest absolute Gasteiger partial charge is 0.340 e. The van der Waals surface area contributed by atoms with Gasteiger partial charge in [0.15, 0.2) is 12.4 Å². The molecule has 6 nitrogen and oxygen atoms in total. The zero-order chi connectivity index (χ0) is 18.2. The Hall–Kier alpha value is -3.15. The molecule has 0 aromatic heterocycles. The zero-order valence-corrected chi connectivity index (χ0v) is 14.1. The number of para-hydroxylation sites is 1. The predicted octanol–water partition coefficient (Wildman–Crippen LogP) is 3.26. The molecular formula is C19H20N2O4. The molecule has 0 aliphatic rings. The van der Waals surface area contributed by atoms with Crippen LogP contribution in [0.15, 0.2) is 54.6 Å². The van der Waals surface area contributed by atoms with Crippen molar-refractivity contribution in [3.63, 3.8) is 0 Å². The van der Waals surface area contributed by atoms with Crippen LogP contribution in [0.25, 0.3) is 0 Å². The van der Waals surface area contributed by atoms with Crippen molar-refractivity contribution >= 4 is 23.5 Å². The molecular weight excluding hydrogens is 320 g/mol. The van der Waals surface area contributed by atoms with Gasteiger partial charge in [-0.2, -0.15) is 0 Å². The molecule has 0 aliphatic heterocycles. The van der Waals surface area contributed by atoms with Gasteiger partial charge in [0, 0.05) is 11.6 Å². The molecule has 0 radical (unpaired) electrons. The van der Waals surface area contributed by atoms with Crippen molar-refractivity contribution in [2.24, 2.45) is 0 Å². The number of nitrogens with one attached hydrogen (secondary N) is 2. The topological polar surface area (TPSA) is 84.5 Å². The first kappa shape index (κ1) is 18.2. The third-order valence-corrected chi connectivity index (χ3v) is 3.25. The van der Waals surface area contributed by atoms with Crippen molar-refractivity contribution in [1.29, 1.82) is 0 Å². The molecule has 2 amide bonds. The summed E-state index contributed by atoms with van der Waals surface area (Å²) in [6.45, 7) is 3.29. The molecule has 0 atom stereocenters. The van der Waals surface area contributed by atoms with Crippen LogP contribution in [0.1, 0.15) is 34.6 Å². The van der Waals surface area contributed by atoms with Gasteiger partial charge in [-0.15, -0.1) is 0 Å². The van der Waals surface area contributed by atoms with E-state index in [0.717, 1.165) is 0 Å². The number of hydrogen-bond acceptors (Lipinski definition) is 4. The van der Waals surface area contributed by atoms with Crippen LogP contribution in [-0.4, -0.2) is 30.4 Å². The predicted molar refractivity (Wildman–Crippen MR) is 94.8 cm³/mol. The minimum atomic E-state index is -0.676. The van der Waals surface area contributed by atoms with Gasteiger partial charge in [-0.1, -0.05) is 42.5 Å². The lowest BCUT2D eigenvalue weighted by molar-refractivity contribution is 0.0476. The average molecular weight is 340 g/mol. The maximum atomic E-state index is 12.3. The lowest BCUT2D eigenvalue weighted by atomic mass is 10.1. The first-order valence-corrected chi connectivity index (χ1v) is 7.89. The number of esters is 1. The molecule has 0 fully saturated rings. The summed E-state index contributed by atoms with van der Waals surface area (Å²) >= 11 is 0. The fourth-order valence-electron chi connectivity index (χ4n) is 2.11. The van der Waals surface area contributed by atoms with E-state index in [1.807, 2.05) is 13.8 Å². The minimum absolute atomic E-state index is 0.0393. The van der Waals surface area contributed by atoms with Gasteiger partial charge in [0.2, 0.25) is 0 Å². The highest BCUT2D eigenvalue weighted by atomic mass is 16.5. The van der Waals surface area contributed by atoms with E-state index >= 15 is 0 Å². The van der Waals surface area contributed by atoms with E-state index in [9.17, 15) is 14.4 Å². The number of carbonyl (C=O) groups is 3. The highest BCUT2D eigenvalue weighted by Crippen LogP contribution is 2.16. The van der Waals surface area contributed by atoms with Crippen LogP contribution in [0, 0.1) is 0 Å². The van der Waals surface area contributed by atoms with Crippen LogP contribution in [0.3, 0.4) is 0 Å². The maximum absolute atomic E-state index is 12.3. The summed E-state index contributed by atoms with van der Waals surface area (Å²) in [7, 11) is 0. The van der Waals surface area contributed by atoms with Crippen molar-refractivity contribution < 1.29 is 19.1 Å². The summed E-state index contributed by atoms with van der Waals surface area (Å²) in [6, 6.07) is 14.6. The normalized spacial score (nSPS) is 10.2. The average Bonchev–Trinajstić information content (AvgIpc) is 2.60. The SMILES string of the molecule is CC(C)NC(=O)Nc1ccccc1C(=O)OCC(=O)c1ccccc1. The summed E-state index contributed by atoms with van der Waals surface area (Å²) in [5.41, 5.74) is 0.970. The number of urea groups is 1. The molecule has 130 valence electrons. The molecule has 2 aromatic rings. The molecule has 0 bridgehead atoms. The third-order valence-electron chi connectivity index (χ3n) is 3.25. The fraction of sp³-hybridized carbons (Fsp3) is 0.211. The lowest BCUT2D eigenvalue weighted by Gasteiger charge is -2.13. The molecule has 0 saturated carbocycles. The molecule has 2 rings (SSSR count). The van der Waals surface area contributed by atoms with Gasteiger partial charge >= 0.3 is 12.0 Å². The van der Waals surface area contributed by atoms with Gasteiger partial charge in [-0.25, -0.2) is 9.59 Å². The molecule has 2 N–H and O–H groups in total. The van der Waals surface area contributed by atoms with Crippen LogP contribution < -0.4 is 10.6 Å². The summed E-state index contributed by atoms with van der Waals surface area (Å²) in [5.74, 6) is -0.971. The number of carbonyl (C=O) groups excluding carboxylic acids is 3. The van der Waals surface area contributed by atoms with Gasteiger partial charge in [-0.05, 0) is 26.0 Å². The summed E-state index contributed by atoms with van der Waals surface area (Å²) in [5, 5.41) is 5.28. The van der Waals surface area contributed by atoms with E-state index < -0.39 is 12.0 Å². The fourth-order valence-corrected chi connectivity index (χ4v) is 2.11. The number of anilines is 1. The number of rotatable bonds is 6. The van der Waals surface area contributed by atoms with Gasteiger partial charge < -0.3 is 15.4 Å². The molecule has 0 spiro atoms. The van der Waals surface area contributed by atoms with Crippen LogP contribution >= 0.6 is 0 Å². The summed E-state index contributed by atoms with van der Waals surface area (Å²) in [6.07, 6.45) is 0. The second kappa shape index (κ2) is 8.63. The Labute approximate surface area is 146 Å². The second-order valence-electron chi connectivity index (χ2n) is 5.66. The van der Waals surface area contributed by atoms with Crippen molar-refractivity contribution in [2.45, 2.75) is 19.9 Å². The van der Waals surface area contributed by atoms with Gasteiger partial charge in [-0.3, -0.25) is 4.79 Å². The Morgan fingerprint density at radius 3 is 2.28 bits per heavy atom. The Bertz CT molecular complexity index is 757. The van der Waals surface area contributed by atoms with Crippen molar-refractivity contribution in [2.75, 3.05) is 11.9 Å². The number of amides is 2. The maximum Gasteiger partial charge on any atom is 0.340 e. The van der Waals surface area contributed by atoms with Gasteiger partial charge in [0.1, 0.15) is 0 Å². The van der Waals surface area contributed by atoms with E-state index in [1.165, 1.54) is 6.07 Å². The highest BCUT2D eigenvalue weighted by Gasteiger charge is 2.16. The number of hydrogen-bond donors (Lipinski definition) is 2. The number of ether oxygens (including phenoxy) is 1. The number of benzene rings is 2. The van der Waals surface area contributed by atoms with Crippen LogP contribution in [0.4, 0.5) is 10.5 Å². The first-order valence-electron chi connectivity index (χ1n) is 7.89. The van der Waals surface area contributed by atoms with Crippen LogP contribution in [0.2, 0.25) is 0 Å². The van der Waals surface area contributed by atoms with Crippen molar-refractivity contribution in [3.8, 4) is 0 Å². The molecule has 2 aromatic carbocycles.